The van der Waals surface area contributed by atoms with Gasteiger partial charge in [-0.15, -0.1) is 0 Å². The zero-order chi connectivity index (χ0) is 14.8. The number of amides is 1. The van der Waals surface area contributed by atoms with E-state index in [2.05, 4.69) is 0 Å². The van der Waals surface area contributed by atoms with E-state index in [9.17, 15) is 4.79 Å². The molecule has 1 aliphatic heterocycles. The fourth-order valence-electron chi connectivity index (χ4n) is 2.84. The van der Waals surface area contributed by atoms with Crippen LogP contribution in [0.5, 0.6) is 5.75 Å². The molecule has 108 valence electrons. The summed E-state index contributed by atoms with van der Waals surface area (Å²) in [5, 5.41) is 0. The molecular formula is C17H18N2O2. The van der Waals surface area contributed by atoms with Gasteiger partial charge in [0.1, 0.15) is 5.75 Å². The predicted octanol–water partition coefficient (Wildman–Crippen LogP) is 2.36. The summed E-state index contributed by atoms with van der Waals surface area (Å²) in [6, 6.07) is 13.4. The van der Waals surface area contributed by atoms with Gasteiger partial charge in [-0.3, -0.25) is 4.79 Å². The van der Waals surface area contributed by atoms with Crippen molar-refractivity contribution in [2.24, 2.45) is 5.73 Å². The molecule has 0 bridgehead atoms. The van der Waals surface area contributed by atoms with E-state index in [1.54, 1.807) is 12.0 Å². The molecule has 0 aliphatic carbocycles. The van der Waals surface area contributed by atoms with Crippen LogP contribution in [0, 0.1) is 0 Å². The van der Waals surface area contributed by atoms with Crippen LogP contribution in [0.3, 0.4) is 0 Å². The lowest BCUT2D eigenvalue weighted by Gasteiger charge is -2.31. The molecule has 2 N–H and O–H groups in total. The normalized spacial score (nSPS) is 14.0. The SMILES string of the molecule is COc1cccc(CN)c1N1CCc2ccccc2C1=O. The average Bonchev–Trinajstić information content (AvgIpc) is 2.55. The first-order valence-electron chi connectivity index (χ1n) is 7.02. The maximum absolute atomic E-state index is 12.8. The van der Waals surface area contributed by atoms with E-state index in [1.165, 1.54) is 0 Å². The third-order valence-corrected chi connectivity index (χ3v) is 3.89. The van der Waals surface area contributed by atoms with Gasteiger partial charge in [0.05, 0.1) is 12.8 Å². The Morgan fingerprint density at radius 2 is 2.00 bits per heavy atom. The number of carbonyl (C=O) groups excluding carboxylic acids is 1. The van der Waals surface area contributed by atoms with E-state index in [4.69, 9.17) is 10.5 Å². The lowest BCUT2D eigenvalue weighted by atomic mass is 9.97. The van der Waals surface area contributed by atoms with Gasteiger partial charge < -0.3 is 15.4 Å². The quantitative estimate of drug-likeness (QED) is 0.940. The number of nitrogens with zero attached hydrogens (tertiary/aromatic N) is 1. The number of ether oxygens (including phenoxy) is 1. The largest absolute Gasteiger partial charge is 0.495 e. The van der Waals surface area contributed by atoms with Gasteiger partial charge in [-0.1, -0.05) is 30.3 Å². The average molecular weight is 282 g/mol. The molecule has 0 fully saturated rings. The molecular weight excluding hydrogens is 264 g/mol. The van der Waals surface area contributed by atoms with Crippen LogP contribution in [0.1, 0.15) is 21.5 Å². The molecule has 1 aliphatic rings. The Labute approximate surface area is 124 Å². The minimum Gasteiger partial charge on any atom is -0.495 e. The number of benzene rings is 2. The smallest absolute Gasteiger partial charge is 0.258 e. The molecule has 0 radical (unpaired) electrons. The number of hydrogen-bond acceptors (Lipinski definition) is 3. The van der Waals surface area contributed by atoms with E-state index < -0.39 is 0 Å². The summed E-state index contributed by atoms with van der Waals surface area (Å²) in [4.78, 5) is 14.6. The van der Waals surface area contributed by atoms with Gasteiger partial charge in [0.25, 0.3) is 5.91 Å². The zero-order valence-corrected chi connectivity index (χ0v) is 12.0. The molecule has 2 aromatic rings. The molecule has 4 heteroatoms. The molecule has 0 aromatic heterocycles. The topological polar surface area (TPSA) is 55.6 Å². The first-order chi connectivity index (χ1) is 10.3. The second-order valence-corrected chi connectivity index (χ2v) is 5.04. The van der Waals surface area contributed by atoms with Crippen LogP contribution < -0.4 is 15.4 Å². The van der Waals surface area contributed by atoms with Crippen molar-refractivity contribution in [2.45, 2.75) is 13.0 Å². The Morgan fingerprint density at radius 1 is 1.19 bits per heavy atom. The van der Waals surface area contributed by atoms with Crippen LogP contribution in [0.25, 0.3) is 0 Å². The summed E-state index contributed by atoms with van der Waals surface area (Å²) in [5.41, 5.74) is 9.40. The highest BCUT2D eigenvalue weighted by Crippen LogP contribution is 2.35. The fourth-order valence-corrected chi connectivity index (χ4v) is 2.84. The van der Waals surface area contributed by atoms with Crippen LogP contribution in [-0.2, 0) is 13.0 Å². The Balaban J connectivity index is 2.09. The Morgan fingerprint density at radius 3 is 2.76 bits per heavy atom. The van der Waals surface area contributed by atoms with Gasteiger partial charge in [-0.05, 0) is 29.7 Å². The number of rotatable bonds is 3. The lowest BCUT2D eigenvalue weighted by molar-refractivity contribution is 0.0979. The number of anilines is 1. The van der Waals surface area contributed by atoms with Gasteiger partial charge in [0.15, 0.2) is 0 Å². The van der Waals surface area contributed by atoms with Crippen molar-refractivity contribution in [1.82, 2.24) is 0 Å². The van der Waals surface area contributed by atoms with E-state index >= 15 is 0 Å². The number of para-hydroxylation sites is 1. The van der Waals surface area contributed by atoms with Crippen molar-refractivity contribution >= 4 is 11.6 Å². The molecule has 0 saturated carbocycles. The van der Waals surface area contributed by atoms with Crippen molar-refractivity contribution in [3.8, 4) is 5.75 Å². The first-order valence-corrected chi connectivity index (χ1v) is 7.02. The number of fused-ring (bicyclic) bond motifs is 1. The minimum atomic E-state index is 0.0102. The third kappa shape index (κ3) is 2.28. The minimum absolute atomic E-state index is 0.0102. The van der Waals surface area contributed by atoms with Crippen LogP contribution in [-0.4, -0.2) is 19.6 Å². The standard InChI is InChI=1S/C17H18N2O2/c1-21-15-8-4-6-13(11-18)16(15)19-10-9-12-5-2-3-7-14(12)17(19)20/h2-8H,9-11,18H2,1H3. The van der Waals surface area contributed by atoms with E-state index in [0.29, 0.717) is 18.8 Å². The molecule has 0 spiro atoms. The number of nitrogens with two attached hydrogens (primary N) is 1. The van der Waals surface area contributed by atoms with Gasteiger partial charge in [0.2, 0.25) is 0 Å². The molecule has 2 aromatic carbocycles. The second-order valence-electron chi connectivity index (χ2n) is 5.04. The highest BCUT2D eigenvalue weighted by Gasteiger charge is 2.28. The van der Waals surface area contributed by atoms with Crippen LogP contribution in [0.2, 0.25) is 0 Å². The summed E-state index contributed by atoms with van der Waals surface area (Å²) in [5.74, 6) is 0.696. The number of methoxy groups -OCH3 is 1. The monoisotopic (exact) mass is 282 g/mol. The summed E-state index contributed by atoms with van der Waals surface area (Å²) in [6.07, 6.45) is 0.837. The van der Waals surface area contributed by atoms with Crippen molar-refractivity contribution in [3.63, 3.8) is 0 Å². The maximum atomic E-state index is 12.8. The molecule has 4 nitrogen and oxygen atoms in total. The molecule has 0 saturated heterocycles. The lowest BCUT2D eigenvalue weighted by Crippen LogP contribution is -2.38. The third-order valence-electron chi connectivity index (χ3n) is 3.89. The first kappa shape index (κ1) is 13.6. The van der Waals surface area contributed by atoms with Crippen molar-refractivity contribution in [1.29, 1.82) is 0 Å². The molecule has 0 unspecified atom stereocenters. The fraction of sp³-hybridized carbons (Fsp3) is 0.235. The van der Waals surface area contributed by atoms with E-state index in [-0.39, 0.29) is 5.91 Å². The predicted molar refractivity (Wildman–Crippen MR) is 82.7 cm³/mol. The van der Waals surface area contributed by atoms with Crippen LogP contribution in [0.4, 0.5) is 5.69 Å². The number of hydrogen-bond donors (Lipinski definition) is 1. The van der Waals surface area contributed by atoms with Crippen LogP contribution in [0.15, 0.2) is 42.5 Å². The van der Waals surface area contributed by atoms with Crippen molar-refractivity contribution in [3.05, 3.63) is 59.2 Å². The summed E-state index contributed by atoms with van der Waals surface area (Å²) in [6.45, 7) is 1.02. The van der Waals surface area contributed by atoms with Crippen molar-refractivity contribution in [2.75, 3.05) is 18.6 Å². The zero-order valence-electron chi connectivity index (χ0n) is 12.0. The molecule has 1 heterocycles. The molecule has 1 amide bonds. The summed E-state index contributed by atoms with van der Waals surface area (Å²) < 4.78 is 5.43. The highest BCUT2D eigenvalue weighted by molar-refractivity contribution is 6.09. The van der Waals surface area contributed by atoms with Gasteiger partial charge in [-0.25, -0.2) is 0 Å². The second kappa shape index (κ2) is 5.58. The van der Waals surface area contributed by atoms with E-state index in [0.717, 1.165) is 28.8 Å². The molecule has 21 heavy (non-hydrogen) atoms. The summed E-state index contributed by atoms with van der Waals surface area (Å²) >= 11 is 0. The van der Waals surface area contributed by atoms with Gasteiger partial charge >= 0.3 is 0 Å². The van der Waals surface area contributed by atoms with Crippen LogP contribution >= 0.6 is 0 Å². The van der Waals surface area contributed by atoms with Gasteiger partial charge in [0, 0.05) is 18.7 Å². The Kier molecular flexibility index (Phi) is 3.62. The highest BCUT2D eigenvalue weighted by atomic mass is 16.5. The Bertz CT molecular complexity index is 660. The maximum Gasteiger partial charge on any atom is 0.258 e. The molecule has 0 atom stereocenters. The molecule has 3 rings (SSSR count). The van der Waals surface area contributed by atoms with Gasteiger partial charge in [-0.2, -0.15) is 0 Å². The van der Waals surface area contributed by atoms with E-state index in [1.807, 2.05) is 42.5 Å². The Hall–Kier alpha value is -2.33. The summed E-state index contributed by atoms with van der Waals surface area (Å²) in [7, 11) is 1.61. The van der Waals surface area contributed by atoms with Crippen molar-refractivity contribution < 1.29 is 9.53 Å². The number of carbonyl (C=O) groups is 1.